The van der Waals surface area contributed by atoms with Gasteiger partial charge in [-0.3, -0.25) is 14.4 Å². The van der Waals surface area contributed by atoms with Gasteiger partial charge < -0.3 is 19.8 Å². The predicted molar refractivity (Wildman–Crippen MR) is 93.5 cm³/mol. The molecule has 26 heavy (non-hydrogen) atoms. The number of rotatable bonds is 6. The maximum Gasteiger partial charge on any atom is 0.255 e. The number of nitrogens with one attached hydrogen (secondary N) is 2. The molecule has 1 aliphatic heterocycles. The third-order valence-corrected chi connectivity index (χ3v) is 5.29. The first-order valence-corrected chi connectivity index (χ1v) is 9.28. The van der Waals surface area contributed by atoms with E-state index in [1.807, 2.05) is 6.92 Å². The molecule has 1 aromatic heterocycles. The van der Waals surface area contributed by atoms with Gasteiger partial charge in [0, 0.05) is 5.92 Å². The summed E-state index contributed by atoms with van der Waals surface area (Å²) in [4.78, 5) is 37.3. The Hall–Kier alpha value is -2.15. The van der Waals surface area contributed by atoms with E-state index in [1.165, 1.54) is 12.5 Å². The highest BCUT2D eigenvalue weighted by Gasteiger charge is 2.34. The largest absolute Gasteiger partial charge is 0.472 e. The van der Waals surface area contributed by atoms with Gasteiger partial charge in [0.25, 0.3) is 5.91 Å². The number of ketones is 1. The summed E-state index contributed by atoms with van der Waals surface area (Å²) in [5.74, 6) is -0.447. The summed E-state index contributed by atoms with van der Waals surface area (Å²) in [6.07, 6.45) is 7.80. The number of Topliss-reactive ketones (excluding diaryl/α,β-unsaturated/α-hetero) is 1. The molecule has 2 unspecified atom stereocenters. The van der Waals surface area contributed by atoms with E-state index in [2.05, 4.69) is 10.6 Å². The molecule has 2 fully saturated rings. The number of carbonyl (C=O) groups excluding carboxylic acids is 3. The zero-order valence-electron chi connectivity index (χ0n) is 15.0. The minimum atomic E-state index is -0.664. The van der Waals surface area contributed by atoms with E-state index in [0.717, 1.165) is 25.7 Å². The molecule has 3 rings (SSSR count). The van der Waals surface area contributed by atoms with Crippen molar-refractivity contribution in [1.82, 2.24) is 10.6 Å². The van der Waals surface area contributed by atoms with Crippen molar-refractivity contribution in [3.05, 3.63) is 24.2 Å². The molecule has 0 aromatic carbocycles. The van der Waals surface area contributed by atoms with Crippen LogP contribution < -0.4 is 10.6 Å². The lowest BCUT2D eigenvalue weighted by Gasteiger charge is -2.30. The molecular formula is C19H26N2O5. The topological polar surface area (TPSA) is 97.6 Å². The first-order valence-electron chi connectivity index (χ1n) is 9.28. The van der Waals surface area contributed by atoms with Crippen molar-refractivity contribution in [1.29, 1.82) is 0 Å². The predicted octanol–water partition coefficient (Wildman–Crippen LogP) is 1.68. The Kier molecular flexibility index (Phi) is 6.08. The molecule has 2 heterocycles. The van der Waals surface area contributed by atoms with E-state index >= 15 is 0 Å². The van der Waals surface area contributed by atoms with Crippen LogP contribution in [0, 0.1) is 11.8 Å². The Morgan fingerprint density at radius 2 is 2.08 bits per heavy atom. The molecule has 1 aliphatic carbocycles. The van der Waals surface area contributed by atoms with Crippen molar-refractivity contribution in [2.75, 3.05) is 13.2 Å². The molecule has 0 radical (unpaired) electrons. The summed E-state index contributed by atoms with van der Waals surface area (Å²) >= 11 is 0. The van der Waals surface area contributed by atoms with Crippen LogP contribution in [0.5, 0.6) is 0 Å². The second-order valence-electron chi connectivity index (χ2n) is 7.37. The quantitative estimate of drug-likeness (QED) is 0.802. The molecule has 2 N–H and O–H groups in total. The smallest absolute Gasteiger partial charge is 0.255 e. The summed E-state index contributed by atoms with van der Waals surface area (Å²) in [6, 6.07) is 0.334. The van der Waals surface area contributed by atoms with Crippen molar-refractivity contribution in [2.24, 2.45) is 11.8 Å². The number of amides is 2. The van der Waals surface area contributed by atoms with Gasteiger partial charge in [-0.15, -0.1) is 0 Å². The van der Waals surface area contributed by atoms with E-state index in [0.29, 0.717) is 24.5 Å². The van der Waals surface area contributed by atoms with Gasteiger partial charge in [0.15, 0.2) is 5.78 Å². The van der Waals surface area contributed by atoms with Gasteiger partial charge >= 0.3 is 0 Å². The first-order chi connectivity index (χ1) is 12.5. The highest BCUT2D eigenvalue weighted by atomic mass is 16.5. The lowest BCUT2D eigenvalue weighted by Crippen LogP contribution is -2.56. The van der Waals surface area contributed by atoms with E-state index < -0.39 is 12.1 Å². The van der Waals surface area contributed by atoms with E-state index in [-0.39, 0.29) is 30.1 Å². The standard InChI is InChI=1S/C19H26N2O5/c1-12-9-26-11-16(22)17(12)21-19(24)15(8-13-4-2-3-5-13)20-18(23)14-6-7-25-10-14/h6-7,10,12-13,15,17H,2-5,8-9,11H2,1H3,(H,20,23)(H,21,24)/t12?,15-,17?/m0/s1. The van der Waals surface area contributed by atoms with Crippen molar-refractivity contribution < 1.29 is 23.5 Å². The van der Waals surface area contributed by atoms with Gasteiger partial charge in [0.2, 0.25) is 5.91 Å². The lowest BCUT2D eigenvalue weighted by atomic mass is 9.94. The van der Waals surface area contributed by atoms with Crippen molar-refractivity contribution in [2.45, 2.75) is 51.1 Å². The molecule has 0 bridgehead atoms. The molecule has 3 atom stereocenters. The second kappa shape index (κ2) is 8.49. The normalized spacial score (nSPS) is 25.0. The van der Waals surface area contributed by atoms with Crippen LogP contribution in [-0.4, -0.2) is 42.9 Å². The first kappa shape index (κ1) is 18.6. The summed E-state index contributed by atoms with van der Waals surface area (Å²) < 4.78 is 10.1. The fraction of sp³-hybridized carbons (Fsp3) is 0.632. The van der Waals surface area contributed by atoms with Gasteiger partial charge in [-0.1, -0.05) is 32.6 Å². The number of furan rings is 1. The number of carbonyl (C=O) groups is 3. The molecule has 2 aliphatic rings. The highest BCUT2D eigenvalue weighted by Crippen LogP contribution is 2.29. The van der Waals surface area contributed by atoms with Gasteiger partial charge in [-0.05, 0) is 18.4 Å². The van der Waals surface area contributed by atoms with Crippen LogP contribution in [0.3, 0.4) is 0 Å². The van der Waals surface area contributed by atoms with Gasteiger partial charge in [0.05, 0.1) is 24.5 Å². The zero-order valence-corrected chi connectivity index (χ0v) is 15.0. The minimum absolute atomic E-state index is 0.0178. The Morgan fingerprint density at radius 3 is 2.73 bits per heavy atom. The van der Waals surface area contributed by atoms with Gasteiger partial charge in [0.1, 0.15) is 18.9 Å². The molecule has 1 aromatic rings. The molecule has 7 nitrogen and oxygen atoms in total. The molecule has 0 spiro atoms. The SMILES string of the molecule is CC1COCC(=O)C1NC(=O)[C@H](CC1CCCC1)NC(=O)c1ccoc1. The van der Waals surface area contributed by atoms with Crippen molar-refractivity contribution in [3.8, 4) is 0 Å². The van der Waals surface area contributed by atoms with Crippen LogP contribution in [0.4, 0.5) is 0 Å². The maximum atomic E-state index is 12.9. The van der Waals surface area contributed by atoms with E-state index in [1.54, 1.807) is 6.07 Å². The van der Waals surface area contributed by atoms with Crippen LogP contribution in [0.15, 0.2) is 23.0 Å². The Labute approximate surface area is 152 Å². The minimum Gasteiger partial charge on any atom is -0.472 e. The van der Waals surface area contributed by atoms with Crippen LogP contribution in [0.25, 0.3) is 0 Å². The fourth-order valence-electron chi connectivity index (χ4n) is 3.77. The molecule has 7 heteroatoms. The van der Waals surface area contributed by atoms with Gasteiger partial charge in [-0.2, -0.15) is 0 Å². The number of hydrogen-bond acceptors (Lipinski definition) is 5. The average Bonchev–Trinajstić information content (AvgIpc) is 3.31. The third kappa shape index (κ3) is 4.52. The average molecular weight is 362 g/mol. The van der Waals surface area contributed by atoms with E-state index in [4.69, 9.17) is 9.15 Å². The summed E-state index contributed by atoms with van der Waals surface area (Å²) in [5.41, 5.74) is 0.379. The third-order valence-electron chi connectivity index (χ3n) is 5.29. The Balaban J connectivity index is 1.67. The molecule has 1 saturated carbocycles. The molecule has 142 valence electrons. The van der Waals surface area contributed by atoms with Crippen LogP contribution in [0.2, 0.25) is 0 Å². The maximum absolute atomic E-state index is 12.9. The Morgan fingerprint density at radius 1 is 1.31 bits per heavy atom. The van der Waals surface area contributed by atoms with Crippen LogP contribution >= 0.6 is 0 Å². The monoisotopic (exact) mass is 362 g/mol. The summed E-state index contributed by atoms with van der Waals surface area (Å²) in [6.45, 7) is 2.33. The van der Waals surface area contributed by atoms with E-state index in [9.17, 15) is 14.4 Å². The van der Waals surface area contributed by atoms with Gasteiger partial charge in [-0.25, -0.2) is 0 Å². The summed E-state index contributed by atoms with van der Waals surface area (Å²) in [5, 5.41) is 5.65. The number of ether oxygens (including phenoxy) is 1. The summed E-state index contributed by atoms with van der Waals surface area (Å²) in [7, 11) is 0. The number of hydrogen-bond donors (Lipinski definition) is 2. The lowest BCUT2D eigenvalue weighted by molar-refractivity contribution is -0.137. The van der Waals surface area contributed by atoms with Crippen molar-refractivity contribution in [3.63, 3.8) is 0 Å². The van der Waals surface area contributed by atoms with Crippen molar-refractivity contribution >= 4 is 17.6 Å². The highest BCUT2D eigenvalue weighted by molar-refractivity contribution is 5.98. The molecular weight excluding hydrogens is 336 g/mol. The second-order valence-corrected chi connectivity index (χ2v) is 7.37. The zero-order chi connectivity index (χ0) is 18.5. The fourth-order valence-corrected chi connectivity index (χ4v) is 3.77. The molecule has 2 amide bonds. The molecule has 1 saturated heterocycles. The van der Waals surface area contributed by atoms with Crippen LogP contribution in [0.1, 0.15) is 49.4 Å². The Bertz CT molecular complexity index is 636. The van der Waals surface area contributed by atoms with Crippen LogP contribution in [-0.2, 0) is 14.3 Å².